The van der Waals surface area contributed by atoms with Gasteiger partial charge in [-0.25, -0.2) is 4.39 Å². The first-order valence-electron chi connectivity index (χ1n) is 10.3. The van der Waals surface area contributed by atoms with Crippen molar-refractivity contribution in [3.05, 3.63) is 106 Å². The molecule has 2 aromatic carbocycles. The Labute approximate surface area is 199 Å². The van der Waals surface area contributed by atoms with Crippen molar-refractivity contribution in [2.24, 2.45) is 5.73 Å². The van der Waals surface area contributed by atoms with Crippen molar-refractivity contribution in [2.45, 2.75) is 12.5 Å². The monoisotopic (exact) mass is 473 g/mol. The fraction of sp³-hybridized carbons (Fsp3) is 0.0800. The van der Waals surface area contributed by atoms with E-state index >= 15 is 0 Å². The zero-order chi connectivity index (χ0) is 23.7. The Morgan fingerprint density at radius 2 is 1.91 bits per heavy atom. The summed E-state index contributed by atoms with van der Waals surface area (Å²) < 4.78 is 25.4. The summed E-state index contributed by atoms with van der Waals surface area (Å²) in [6, 6.07) is 17.5. The van der Waals surface area contributed by atoms with E-state index in [0.29, 0.717) is 27.9 Å². The maximum atomic E-state index is 14.0. The van der Waals surface area contributed by atoms with Crippen LogP contribution in [0.3, 0.4) is 0 Å². The van der Waals surface area contributed by atoms with Crippen LogP contribution in [0.1, 0.15) is 22.6 Å². The van der Waals surface area contributed by atoms with Crippen LogP contribution in [-0.4, -0.2) is 15.2 Å². The molecule has 9 heteroatoms. The Balaban J connectivity index is 1.49. The van der Waals surface area contributed by atoms with Crippen LogP contribution < -0.4 is 15.2 Å². The van der Waals surface area contributed by atoms with Crippen molar-refractivity contribution in [3.63, 3.8) is 0 Å². The second-order valence-corrected chi connectivity index (χ2v) is 7.94. The first kappa shape index (κ1) is 21.5. The van der Waals surface area contributed by atoms with Crippen LogP contribution in [0.25, 0.3) is 11.3 Å². The Hall–Kier alpha value is -4.35. The molecule has 0 unspecified atom stereocenters. The predicted molar refractivity (Wildman–Crippen MR) is 123 cm³/mol. The highest BCUT2D eigenvalue weighted by atomic mass is 35.5. The summed E-state index contributed by atoms with van der Waals surface area (Å²) in [4.78, 5) is 4.05. The van der Waals surface area contributed by atoms with Gasteiger partial charge < -0.3 is 15.2 Å². The molecule has 1 atom stereocenters. The number of aromatic nitrogens is 3. The van der Waals surface area contributed by atoms with Gasteiger partial charge in [-0.05, 0) is 42.0 Å². The molecule has 0 spiro atoms. The standard InChI is InChI=1S/C25H17ClFN5O2/c26-19-2-1-3-20(27)18(19)13-33-16-6-4-14(5-7-16)21-17(12-28)24(29)34-25-22(21)23(31-32-25)15-8-10-30-11-9-15/h1-11,21H,13,29H2,(H,31,32)/t21-/m1/s1. The van der Waals surface area contributed by atoms with Crippen LogP contribution in [0.15, 0.2) is 78.4 Å². The van der Waals surface area contributed by atoms with Gasteiger partial charge in [0.15, 0.2) is 0 Å². The Morgan fingerprint density at radius 3 is 2.62 bits per heavy atom. The molecule has 7 nitrogen and oxygen atoms in total. The number of allylic oxidation sites excluding steroid dienone is 1. The highest BCUT2D eigenvalue weighted by Crippen LogP contribution is 2.45. The van der Waals surface area contributed by atoms with Gasteiger partial charge in [0, 0.05) is 23.5 Å². The highest BCUT2D eigenvalue weighted by Gasteiger charge is 2.35. The lowest BCUT2D eigenvalue weighted by atomic mass is 9.83. The summed E-state index contributed by atoms with van der Waals surface area (Å²) in [7, 11) is 0. The fourth-order valence-corrected chi connectivity index (χ4v) is 4.12. The second-order valence-electron chi connectivity index (χ2n) is 7.54. The number of nitrogens with two attached hydrogens (primary N) is 1. The van der Waals surface area contributed by atoms with Gasteiger partial charge in [-0.1, -0.05) is 29.8 Å². The topological polar surface area (TPSA) is 110 Å². The van der Waals surface area contributed by atoms with Crippen molar-refractivity contribution in [2.75, 3.05) is 0 Å². The number of ether oxygens (including phenoxy) is 2. The van der Waals surface area contributed by atoms with Gasteiger partial charge in [0.1, 0.15) is 29.8 Å². The van der Waals surface area contributed by atoms with Crippen molar-refractivity contribution >= 4 is 11.6 Å². The van der Waals surface area contributed by atoms with Gasteiger partial charge in [-0.2, -0.15) is 5.26 Å². The Kier molecular flexibility index (Phi) is 5.62. The van der Waals surface area contributed by atoms with Crippen molar-refractivity contribution in [1.82, 2.24) is 15.2 Å². The number of benzene rings is 2. The van der Waals surface area contributed by atoms with Crippen LogP contribution in [-0.2, 0) is 6.61 Å². The summed E-state index contributed by atoms with van der Waals surface area (Å²) in [5, 5.41) is 17.4. The summed E-state index contributed by atoms with van der Waals surface area (Å²) in [6.45, 7) is -0.0174. The van der Waals surface area contributed by atoms with Crippen LogP contribution in [0.2, 0.25) is 5.02 Å². The lowest BCUT2D eigenvalue weighted by Gasteiger charge is -2.24. The molecule has 0 saturated carbocycles. The van der Waals surface area contributed by atoms with E-state index in [2.05, 4.69) is 21.3 Å². The van der Waals surface area contributed by atoms with Crippen LogP contribution in [0.4, 0.5) is 4.39 Å². The molecule has 3 N–H and O–H groups in total. The molecule has 5 rings (SSSR count). The summed E-state index contributed by atoms with van der Waals surface area (Å²) in [5.41, 5.74) is 9.64. The number of rotatable bonds is 5. The number of pyridine rings is 1. The van der Waals surface area contributed by atoms with Gasteiger partial charge in [-0.3, -0.25) is 10.1 Å². The van der Waals surface area contributed by atoms with Gasteiger partial charge >= 0.3 is 0 Å². The lowest BCUT2D eigenvalue weighted by molar-refractivity contribution is 0.300. The number of nitrogens with zero attached hydrogens (tertiary/aromatic N) is 3. The van der Waals surface area contributed by atoms with E-state index in [1.807, 2.05) is 24.3 Å². The molecule has 0 bridgehead atoms. The third-order valence-electron chi connectivity index (χ3n) is 5.57. The zero-order valence-corrected chi connectivity index (χ0v) is 18.4. The molecule has 1 aliphatic rings. The Bertz CT molecular complexity index is 1410. The van der Waals surface area contributed by atoms with Gasteiger partial charge in [0.05, 0.1) is 22.2 Å². The molecule has 2 aromatic heterocycles. The molecule has 0 fully saturated rings. The largest absolute Gasteiger partial charge is 0.489 e. The molecular formula is C25H17ClFN5O2. The number of halogens is 2. The summed E-state index contributed by atoms with van der Waals surface area (Å²) >= 11 is 6.08. The highest BCUT2D eigenvalue weighted by molar-refractivity contribution is 6.31. The molecule has 168 valence electrons. The summed E-state index contributed by atoms with van der Waals surface area (Å²) in [6.07, 6.45) is 3.34. The first-order chi connectivity index (χ1) is 16.6. The molecule has 0 radical (unpaired) electrons. The number of nitriles is 1. The Morgan fingerprint density at radius 1 is 1.15 bits per heavy atom. The normalized spacial score (nSPS) is 14.8. The van der Waals surface area contributed by atoms with E-state index in [1.54, 1.807) is 36.7 Å². The molecule has 4 aromatic rings. The number of hydrogen-bond acceptors (Lipinski definition) is 6. The SMILES string of the molecule is N#CC1=C(N)Oc2n[nH]c(-c3ccncc3)c2[C@@H]1c1ccc(OCc2c(F)cccc2Cl)cc1. The van der Waals surface area contributed by atoms with Crippen molar-refractivity contribution < 1.29 is 13.9 Å². The van der Waals surface area contributed by atoms with E-state index in [9.17, 15) is 9.65 Å². The number of fused-ring (bicyclic) bond motifs is 1. The minimum atomic E-state index is -0.509. The molecule has 0 aliphatic carbocycles. The average Bonchev–Trinajstić information content (AvgIpc) is 3.27. The van der Waals surface area contributed by atoms with E-state index in [1.165, 1.54) is 6.07 Å². The molecular weight excluding hydrogens is 457 g/mol. The molecule has 1 aliphatic heterocycles. The molecule has 3 heterocycles. The van der Waals surface area contributed by atoms with E-state index in [0.717, 1.165) is 11.1 Å². The van der Waals surface area contributed by atoms with Gasteiger partial charge in [0.2, 0.25) is 11.8 Å². The number of hydrogen-bond donors (Lipinski definition) is 2. The molecule has 0 amide bonds. The van der Waals surface area contributed by atoms with E-state index < -0.39 is 11.7 Å². The summed E-state index contributed by atoms with van der Waals surface area (Å²) in [5.74, 6) is -0.107. The van der Waals surface area contributed by atoms with E-state index in [4.69, 9.17) is 26.8 Å². The molecule has 34 heavy (non-hydrogen) atoms. The van der Waals surface area contributed by atoms with E-state index in [-0.39, 0.29) is 23.6 Å². The quantitative estimate of drug-likeness (QED) is 0.419. The minimum absolute atomic E-state index is 0.00213. The van der Waals surface area contributed by atoms with Crippen LogP contribution in [0, 0.1) is 17.1 Å². The molecule has 0 saturated heterocycles. The smallest absolute Gasteiger partial charge is 0.244 e. The average molecular weight is 474 g/mol. The van der Waals surface area contributed by atoms with Gasteiger partial charge in [0.25, 0.3) is 0 Å². The van der Waals surface area contributed by atoms with Crippen molar-refractivity contribution in [1.29, 1.82) is 5.26 Å². The predicted octanol–water partition coefficient (Wildman–Crippen LogP) is 5.06. The third-order valence-corrected chi connectivity index (χ3v) is 5.92. The zero-order valence-electron chi connectivity index (χ0n) is 17.6. The first-order valence-corrected chi connectivity index (χ1v) is 10.7. The maximum Gasteiger partial charge on any atom is 0.244 e. The lowest BCUT2D eigenvalue weighted by Crippen LogP contribution is -2.21. The number of aromatic amines is 1. The number of H-pyrrole nitrogens is 1. The van der Waals surface area contributed by atoms with Crippen molar-refractivity contribution in [3.8, 4) is 29.0 Å². The second kappa shape index (κ2) is 8.89. The van der Waals surface area contributed by atoms with Gasteiger partial charge in [-0.15, -0.1) is 5.10 Å². The number of nitrogens with one attached hydrogen (secondary N) is 1. The maximum absolute atomic E-state index is 14.0. The van der Waals surface area contributed by atoms with Crippen LogP contribution in [0.5, 0.6) is 11.6 Å². The minimum Gasteiger partial charge on any atom is -0.489 e. The fourth-order valence-electron chi connectivity index (χ4n) is 3.90. The third kappa shape index (κ3) is 3.83. The van der Waals surface area contributed by atoms with Crippen LogP contribution >= 0.6 is 11.6 Å².